The van der Waals surface area contributed by atoms with Crippen LogP contribution < -0.4 is 10.6 Å². The van der Waals surface area contributed by atoms with Crippen LogP contribution in [0.4, 0.5) is 11.5 Å². The summed E-state index contributed by atoms with van der Waals surface area (Å²) in [6, 6.07) is 9.12. The summed E-state index contributed by atoms with van der Waals surface area (Å²) in [7, 11) is 0. The van der Waals surface area contributed by atoms with Crippen molar-refractivity contribution in [3.63, 3.8) is 0 Å². The Morgan fingerprint density at radius 1 is 1.27 bits per heavy atom. The van der Waals surface area contributed by atoms with E-state index in [1.165, 1.54) is 0 Å². The molecule has 3 heterocycles. The third-order valence-corrected chi connectivity index (χ3v) is 4.37. The molecule has 1 aromatic heterocycles. The monoisotopic (exact) mass is 293 g/mol. The summed E-state index contributed by atoms with van der Waals surface area (Å²) in [5.74, 6) is -1.74. The van der Waals surface area contributed by atoms with Gasteiger partial charge in [-0.2, -0.15) is 10.4 Å². The number of aryl methyl sites for hydroxylation is 1. The third-order valence-electron chi connectivity index (χ3n) is 4.37. The summed E-state index contributed by atoms with van der Waals surface area (Å²) < 4.78 is 0. The normalized spacial score (nSPS) is 25.2. The molecule has 2 aromatic rings. The van der Waals surface area contributed by atoms with Gasteiger partial charge in [0.05, 0.1) is 6.07 Å². The van der Waals surface area contributed by atoms with Crippen molar-refractivity contribution in [3.8, 4) is 6.07 Å². The number of hydrogen-bond acceptors (Lipinski definition) is 4. The first-order valence-electron chi connectivity index (χ1n) is 6.77. The Morgan fingerprint density at radius 3 is 2.82 bits per heavy atom. The molecule has 2 aliphatic heterocycles. The highest BCUT2D eigenvalue weighted by molar-refractivity contribution is 6.16. The fourth-order valence-corrected chi connectivity index (χ4v) is 3.50. The fraction of sp³-hybridized carbons (Fsp3) is 0.200. The van der Waals surface area contributed by atoms with E-state index in [0.29, 0.717) is 28.3 Å². The van der Waals surface area contributed by atoms with E-state index in [2.05, 4.69) is 20.8 Å². The number of benzene rings is 1. The van der Waals surface area contributed by atoms with Crippen LogP contribution in [0.5, 0.6) is 0 Å². The number of para-hydroxylation sites is 1. The Bertz CT molecular complexity index is 878. The maximum absolute atomic E-state index is 12.9. The van der Waals surface area contributed by atoms with Crippen LogP contribution in [0.2, 0.25) is 0 Å². The van der Waals surface area contributed by atoms with Crippen LogP contribution in [-0.4, -0.2) is 22.0 Å². The van der Waals surface area contributed by atoms with Crippen molar-refractivity contribution in [1.29, 1.82) is 5.26 Å². The Morgan fingerprint density at radius 2 is 2.05 bits per heavy atom. The van der Waals surface area contributed by atoms with Gasteiger partial charge in [0, 0.05) is 16.9 Å². The number of fused-ring (bicyclic) bond motifs is 4. The van der Waals surface area contributed by atoms with Crippen LogP contribution in [0.25, 0.3) is 0 Å². The van der Waals surface area contributed by atoms with E-state index in [1.54, 1.807) is 31.2 Å². The average Bonchev–Trinajstić information content (AvgIpc) is 3.00. The van der Waals surface area contributed by atoms with E-state index in [-0.39, 0.29) is 5.91 Å². The van der Waals surface area contributed by atoms with E-state index < -0.39 is 17.2 Å². The zero-order valence-corrected chi connectivity index (χ0v) is 11.6. The molecule has 0 aliphatic carbocycles. The summed E-state index contributed by atoms with van der Waals surface area (Å²) in [5.41, 5.74) is 1.10. The van der Waals surface area contributed by atoms with Crippen LogP contribution in [0.15, 0.2) is 24.3 Å². The van der Waals surface area contributed by atoms with Gasteiger partial charge in [-0.1, -0.05) is 18.2 Å². The Kier molecular flexibility index (Phi) is 2.26. The molecular weight excluding hydrogens is 282 g/mol. The zero-order valence-electron chi connectivity index (χ0n) is 11.6. The maximum atomic E-state index is 12.9. The van der Waals surface area contributed by atoms with Crippen molar-refractivity contribution in [2.24, 2.45) is 5.92 Å². The number of nitrogens with zero attached hydrogens (tertiary/aromatic N) is 2. The first kappa shape index (κ1) is 12.6. The van der Waals surface area contributed by atoms with Gasteiger partial charge in [0.25, 0.3) is 0 Å². The van der Waals surface area contributed by atoms with Gasteiger partial charge >= 0.3 is 0 Å². The number of nitriles is 1. The molecule has 7 heteroatoms. The summed E-state index contributed by atoms with van der Waals surface area (Å²) in [5, 5.41) is 21.8. The van der Waals surface area contributed by atoms with E-state index >= 15 is 0 Å². The molecule has 0 bridgehead atoms. The highest BCUT2D eigenvalue weighted by Crippen LogP contribution is 2.52. The molecule has 22 heavy (non-hydrogen) atoms. The molecule has 2 unspecified atom stereocenters. The largest absolute Gasteiger partial charge is 0.325 e. The van der Waals surface area contributed by atoms with Crippen molar-refractivity contribution in [1.82, 2.24) is 10.2 Å². The number of H-pyrrole nitrogens is 1. The Hall–Kier alpha value is -3.14. The first-order valence-corrected chi connectivity index (χ1v) is 6.77. The van der Waals surface area contributed by atoms with Crippen LogP contribution in [0.1, 0.15) is 16.8 Å². The molecule has 2 atom stereocenters. The van der Waals surface area contributed by atoms with Crippen molar-refractivity contribution in [2.45, 2.75) is 12.3 Å². The van der Waals surface area contributed by atoms with E-state index in [4.69, 9.17) is 0 Å². The summed E-state index contributed by atoms with van der Waals surface area (Å²) in [6.45, 7) is 1.77. The quantitative estimate of drug-likeness (QED) is 0.674. The second-order valence-corrected chi connectivity index (χ2v) is 5.43. The molecular formula is C15H11N5O2. The Balaban J connectivity index is 2.15. The standard InChI is InChI=1S/C15H11N5O2/c1-7-11-12(20-19-7)18-13(21)9(6-16)15(11)8-4-2-3-5-10(8)17-14(15)22/h2-5,9H,1H3,(H,17,22)(H2,18,19,20,21). The number of carbonyl (C=O) groups excluding carboxylic acids is 2. The van der Waals surface area contributed by atoms with Gasteiger partial charge < -0.3 is 10.6 Å². The molecule has 1 spiro atoms. The van der Waals surface area contributed by atoms with Crippen molar-refractivity contribution in [2.75, 3.05) is 10.6 Å². The van der Waals surface area contributed by atoms with Gasteiger partial charge in [0.15, 0.2) is 5.82 Å². The number of carbonyl (C=O) groups is 2. The van der Waals surface area contributed by atoms with Crippen LogP contribution in [0.3, 0.4) is 0 Å². The number of hydrogen-bond donors (Lipinski definition) is 3. The van der Waals surface area contributed by atoms with Gasteiger partial charge in [0.2, 0.25) is 11.8 Å². The van der Waals surface area contributed by atoms with Gasteiger partial charge in [-0.05, 0) is 18.6 Å². The summed E-state index contributed by atoms with van der Waals surface area (Å²) in [6.07, 6.45) is 0. The second kappa shape index (κ2) is 3.95. The van der Waals surface area contributed by atoms with Crippen LogP contribution in [0, 0.1) is 24.2 Å². The number of amides is 2. The highest BCUT2D eigenvalue weighted by Gasteiger charge is 2.61. The van der Waals surface area contributed by atoms with Crippen LogP contribution >= 0.6 is 0 Å². The minimum atomic E-state index is -1.36. The predicted octanol–water partition coefficient (Wildman–Crippen LogP) is 1.05. The van der Waals surface area contributed by atoms with Gasteiger partial charge in [-0.3, -0.25) is 14.7 Å². The molecule has 7 nitrogen and oxygen atoms in total. The van der Waals surface area contributed by atoms with E-state index in [1.807, 2.05) is 6.07 Å². The third kappa shape index (κ3) is 1.22. The lowest BCUT2D eigenvalue weighted by molar-refractivity contribution is -0.127. The minimum Gasteiger partial charge on any atom is -0.325 e. The molecule has 108 valence electrons. The minimum absolute atomic E-state index is 0.306. The van der Waals surface area contributed by atoms with Gasteiger partial charge in [-0.15, -0.1) is 0 Å². The molecule has 0 fully saturated rings. The molecule has 2 aliphatic rings. The van der Waals surface area contributed by atoms with E-state index in [9.17, 15) is 14.9 Å². The smallest absolute Gasteiger partial charge is 0.244 e. The second-order valence-electron chi connectivity index (χ2n) is 5.43. The first-order chi connectivity index (χ1) is 10.6. The summed E-state index contributed by atoms with van der Waals surface area (Å²) in [4.78, 5) is 25.2. The molecule has 0 saturated heterocycles. The molecule has 3 N–H and O–H groups in total. The van der Waals surface area contributed by atoms with Gasteiger partial charge in [0.1, 0.15) is 11.3 Å². The predicted molar refractivity (Wildman–Crippen MR) is 76.9 cm³/mol. The number of nitrogens with one attached hydrogen (secondary N) is 3. The zero-order chi connectivity index (χ0) is 15.5. The topological polar surface area (TPSA) is 111 Å². The number of aromatic nitrogens is 2. The number of rotatable bonds is 0. The number of aromatic amines is 1. The average molecular weight is 293 g/mol. The lowest BCUT2D eigenvalue weighted by Crippen LogP contribution is -2.51. The molecule has 0 saturated carbocycles. The lowest BCUT2D eigenvalue weighted by Gasteiger charge is -2.35. The molecule has 2 amide bonds. The lowest BCUT2D eigenvalue weighted by atomic mass is 9.64. The van der Waals surface area contributed by atoms with Crippen molar-refractivity contribution < 1.29 is 9.59 Å². The van der Waals surface area contributed by atoms with E-state index in [0.717, 1.165) is 0 Å². The SMILES string of the molecule is Cc1[nH]nc2c1C1(C(=O)Nc3ccccc31)C(C#N)C(=O)N2. The number of anilines is 2. The summed E-state index contributed by atoms with van der Waals surface area (Å²) >= 11 is 0. The molecule has 4 rings (SSSR count). The Labute approximate surface area is 125 Å². The molecule has 1 aromatic carbocycles. The highest BCUT2D eigenvalue weighted by atomic mass is 16.2. The van der Waals surface area contributed by atoms with Gasteiger partial charge in [-0.25, -0.2) is 0 Å². The maximum Gasteiger partial charge on any atom is 0.244 e. The van der Waals surface area contributed by atoms with Crippen molar-refractivity contribution in [3.05, 3.63) is 41.1 Å². The van der Waals surface area contributed by atoms with Crippen molar-refractivity contribution >= 4 is 23.3 Å². The fourth-order valence-electron chi connectivity index (χ4n) is 3.50. The molecule has 0 radical (unpaired) electrons. The van der Waals surface area contributed by atoms with Crippen LogP contribution in [-0.2, 0) is 15.0 Å².